The van der Waals surface area contributed by atoms with Crippen LogP contribution in [0.3, 0.4) is 0 Å². The number of hydrogen-bond acceptors (Lipinski definition) is 2. The summed E-state index contributed by atoms with van der Waals surface area (Å²) in [4.78, 5) is 4.24. The largest absolute Gasteiger partial charge is 0.455 e. The third-order valence-corrected chi connectivity index (χ3v) is 2.02. The zero-order valence-electron chi connectivity index (χ0n) is 8.23. The number of para-hydroxylation sites is 1. The van der Waals surface area contributed by atoms with Gasteiger partial charge in [0.05, 0.1) is 6.21 Å². The molecule has 0 aliphatic carbocycles. The van der Waals surface area contributed by atoms with Gasteiger partial charge in [0.15, 0.2) is 0 Å². The SMILES string of the molecule is CCCN=Cc1cc2ccccc2o1. The summed E-state index contributed by atoms with van der Waals surface area (Å²) in [5, 5.41) is 1.13. The Morgan fingerprint density at radius 2 is 2.21 bits per heavy atom. The zero-order valence-corrected chi connectivity index (χ0v) is 8.23. The van der Waals surface area contributed by atoms with Gasteiger partial charge in [-0.2, -0.15) is 0 Å². The van der Waals surface area contributed by atoms with Gasteiger partial charge in [0.1, 0.15) is 11.3 Å². The summed E-state index contributed by atoms with van der Waals surface area (Å²) in [5.74, 6) is 0.833. The highest BCUT2D eigenvalue weighted by Gasteiger charge is 1.98. The van der Waals surface area contributed by atoms with Gasteiger partial charge >= 0.3 is 0 Å². The lowest BCUT2D eigenvalue weighted by Crippen LogP contribution is -1.78. The molecule has 0 aliphatic heterocycles. The van der Waals surface area contributed by atoms with Crippen molar-refractivity contribution in [2.75, 3.05) is 6.54 Å². The average Bonchev–Trinajstić information content (AvgIpc) is 2.60. The topological polar surface area (TPSA) is 25.5 Å². The van der Waals surface area contributed by atoms with Crippen LogP contribution in [-0.4, -0.2) is 12.8 Å². The van der Waals surface area contributed by atoms with Crippen LogP contribution in [0.4, 0.5) is 0 Å². The maximum atomic E-state index is 5.57. The molecule has 14 heavy (non-hydrogen) atoms. The van der Waals surface area contributed by atoms with Gasteiger partial charge in [-0.25, -0.2) is 0 Å². The van der Waals surface area contributed by atoms with Gasteiger partial charge in [0.2, 0.25) is 0 Å². The third kappa shape index (κ3) is 1.84. The van der Waals surface area contributed by atoms with Gasteiger partial charge in [-0.15, -0.1) is 0 Å². The van der Waals surface area contributed by atoms with Crippen molar-refractivity contribution < 1.29 is 4.42 Å². The monoisotopic (exact) mass is 187 g/mol. The van der Waals surface area contributed by atoms with Gasteiger partial charge in [-0.1, -0.05) is 25.1 Å². The summed E-state index contributed by atoms with van der Waals surface area (Å²) in [7, 11) is 0. The maximum absolute atomic E-state index is 5.57. The van der Waals surface area contributed by atoms with E-state index < -0.39 is 0 Å². The van der Waals surface area contributed by atoms with E-state index in [9.17, 15) is 0 Å². The molecule has 2 heteroatoms. The zero-order chi connectivity index (χ0) is 9.80. The van der Waals surface area contributed by atoms with Crippen LogP contribution in [0.2, 0.25) is 0 Å². The molecule has 0 amide bonds. The molecule has 2 rings (SSSR count). The molecule has 2 aromatic rings. The Bertz CT molecular complexity index is 409. The molecule has 0 fully saturated rings. The Hall–Kier alpha value is -1.57. The summed E-state index contributed by atoms with van der Waals surface area (Å²) in [6.07, 6.45) is 2.86. The van der Waals surface area contributed by atoms with E-state index in [1.165, 1.54) is 0 Å². The maximum Gasteiger partial charge on any atom is 0.145 e. The Balaban J connectivity index is 2.27. The van der Waals surface area contributed by atoms with Crippen LogP contribution in [-0.2, 0) is 0 Å². The van der Waals surface area contributed by atoms with E-state index in [0.717, 1.165) is 29.7 Å². The van der Waals surface area contributed by atoms with Crippen molar-refractivity contribution in [3.05, 3.63) is 36.1 Å². The summed E-state index contributed by atoms with van der Waals surface area (Å²) in [6, 6.07) is 9.99. The van der Waals surface area contributed by atoms with Gasteiger partial charge in [-0.05, 0) is 18.6 Å². The fourth-order valence-electron chi connectivity index (χ4n) is 1.35. The molecule has 0 N–H and O–H groups in total. The summed E-state index contributed by atoms with van der Waals surface area (Å²) < 4.78 is 5.57. The normalized spacial score (nSPS) is 11.5. The predicted octanol–water partition coefficient (Wildman–Crippen LogP) is 3.26. The van der Waals surface area contributed by atoms with Crippen LogP contribution >= 0.6 is 0 Å². The molecule has 2 nitrogen and oxygen atoms in total. The summed E-state index contributed by atoms with van der Waals surface area (Å²) in [5.41, 5.74) is 0.922. The Kier molecular flexibility index (Phi) is 2.63. The third-order valence-electron chi connectivity index (χ3n) is 2.02. The lowest BCUT2D eigenvalue weighted by molar-refractivity contribution is 0.607. The second kappa shape index (κ2) is 4.09. The highest BCUT2D eigenvalue weighted by molar-refractivity contribution is 5.86. The molecular formula is C12H13NO. The van der Waals surface area contributed by atoms with Gasteiger partial charge in [0, 0.05) is 11.9 Å². The Labute approximate surface area is 83.3 Å². The minimum absolute atomic E-state index is 0.833. The van der Waals surface area contributed by atoms with Crippen LogP contribution in [0, 0.1) is 0 Å². The molecular weight excluding hydrogens is 174 g/mol. The summed E-state index contributed by atoms with van der Waals surface area (Å²) in [6.45, 7) is 2.97. The highest BCUT2D eigenvalue weighted by atomic mass is 16.3. The smallest absolute Gasteiger partial charge is 0.145 e. The lowest BCUT2D eigenvalue weighted by atomic mass is 10.2. The molecule has 1 heterocycles. The Morgan fingerprint density at radius 1 is 1.36 bits per heavy atom. The van der Waals surface area contributed by atoms with Crippen molar-refractivity contribution in [3.8, 4) is 0 Å². The quantitative estimate of drug-likeness (QED) is 0.677. The molecule has 1 aromatic carbocycles. The van der Waals surface area contributed by atoms with Crippen molar-refractivity contribution in [2.45, 2.75) is 13.3 Å². The minimum atomic E-state index is 0.833. The first-order valence-corrected chi connectivity index (χ1v) is 4.88. The minimum Gasteiger partial charge on any atom is -0.455 e. The van der Waals surface area contributed by atoms with E-state index in [4.69, 9.17) is 4.42 Å². The number of aliphatic imine (C=N–C) groups is 1. The van der Waals surface area contributed by atoms with Crippen molar-refractivity contribution in [1.29, 1.82) is 0 Å². The van der Waals surface area contributed by atoms with Crippen molar-refractivity contribution in [3.63, 3.8) is 0 Å². The molecule has 0 bridgehead atoms. The molecule has 0 saturated carbocycles. The fourth-order valence-corrected chi connectivity index (χ4v) is 1.35. The molecule has 0 unspecified atom stereocenters. The fraction of sp³-hybridized carbons (Fsp3) is 0.250. The van der Waals surface area contributed by atoms with E-state index >= 15 is 0 Å². The van der Waals surface area contributed by atoms with Crippen LogP contribution < -0.4 is 0 Å². The van der Waals surface area contributed by atoms with Crippen LogP contribution in [0.25, 0.3) is 11.0 Å². The number of rotatable bonds is 3. The van der Waals surface area contributed by atoms with E-state index in [1.54, 1.807) is 6.21 Å². The van der Waals surface area contributed by atoms with Crippen LogP contribution in [0.15, 0.2) is 39.7 Å². The number of hydrogen-bond donors (Lipinski definition) is 0. The van der Waals surface area contributed by atoms with Gasteiger partial charge in [0.25, 0.3) is 0 Å². The molecule has 0 radical (unpaired) electrons. The second-order valence-corrected chi connectivity index (χ2v) is 3.22. The van der Waals surface area contributed by atoms with E-state index in [1.807, 2.05) is 30.3 Å². The molecule has 0 atom stereocenters. The molecule has 0 aliphatic rings. The molecule has 72 valence electrons. The Morgan fingerprint density at radius 3 is 3.00 bits per heavy atom. The molecule has 1 aromatic heterocycles. The average molecular weight is 187 g/mol. The van der Waals surface area contributed by atoms with Crippen molar-refractivity contribution in [2.24, 2.45) is 4.99 Å². The molecule has 0 spiro atoms. The second-order valence-electron chi connectivity index (χ2n) is 3.22. The first-order valence-electron chi connectivity index (χ1n) is 4.88. The van der Waals surface area contributed by atoms with Crippen LogP contribution in [0.1, 0.15) is 19.1 Å². The van der Waals surface area contributed by atoms with Gasteiger partial charge < -0.3 is 4.42 Å². The molecule has 0 saturated heterocycles. The van der Waals surface area contributed by atoms with E-state index in [0.29, 0.717) is 0 Å². The van der Waals surface area contributed by atoms with Crippen molar-refractivity contribution >= 4 is 17.2 Å². The van der Waals surface area contributed by atoms with Gasteiger partial charge in [-0.3, -0.25) is 4.99 Å². The number of furan rings is 1. The van der Waals surface area contributed by atoms with Crippen LogP contribution in [0.5, 0.6) is 0 Å². The lowest BCUT2D eigenvalue weighted by Gasteiger charge is -1.84. The number of nitrogens with zero attached hydrogens (tertiary/aromatic N) is 1. The number of fused-ring (bicyclic) bond motifs is 1. The highest BCUT2D eigenvalue weighted by Crippen LogP contribution is 2.17. The first-order chi connectivity index (χ1) is 6.90. The predicted molar refractivity (Wildman–Crippen MR) is 59.0 cm³/mol. The number of benzene rings is 1. The standard InChI is InChI=1S/C12H13NO/c1-2-7-13-9-11-8-10-5-3-4-6-12(10)14-11/h3-6,8-9H,2,7H2,1H3. The van der Waals surface area contributed by atoms with Crippen molar-refractivity contribution in [1.82, 2.24) is 0 Å². The first kappa shape index (κ1) is 9.00. The summed E-state index contributed by atoms with van der Waals surface area (Å²) >= 11 is 0. The van der Waals surface area contributed by atoms with E-state index in [-0.39, 0.29) is 0 Å². The van der Waals surface area contributed by atoms with E-state index in [2.05, 4.69) is 11.9 Å².